The lowest BCUT2D eigenvalue weighted by Crippen LogP contribution is -2.44. The van der Waals surface area contributed by atoms with Crippen molar-refractivity contribution in [1.82, 2.24) is 4.72 Å². The highest BCUT2D eigenvalue weighted by atomic mass is 35.5. The van der Waals surface area contributed by atoms with Gasteiger partial charge < -0.3 is 5.11 Å². The van der Waals surface area contributed by atoms with Crippen LogP contribution in [-0.4, -0.2) is 25.5 Å². The van der Waals surface area contributed by atoms with Crippen molar-refractivity contribution in [3.05, 3.63) is 28.8 Å². The Morgan fingerprint density at radius 3 is 2.50 bits per heavy atom. The normalized spacial score (nSPS) is 12.9. The third-order valence-electron chi connectivity index (χ3n) is 2.57. The van der Waals surface area contributed by atoms with Gasteiger partial charge >= 0.3 is 5.97 Å². The molecule has 2 N–H and O–H groups in total. The second-order valence-corrected chi connectivity index (χ2v) is 6.55. The molecule has 0 aliphatic rings. The van der Waals surface area contributed by atoms with Crippen molar-refractivity contribution in [1.29, 1.82) is 5.26 Å². The lowest BCUT2D eigenvalue weighted by atomic mass is 10.1. The molecule has 0 radical (unpaired) electrons. The Morgan fingerprint density at radius 2 is 2.05 bits per heavy atom. The predicted molar refractivity (Wildman–Crippen MR) is 72.8 cm³/mol. The number of carboxylic acids is 1. The number of hydrogen-bond acceptors (Lipinski definition) is 4. The maximum absolute atomic E-state index is 12.2. The molecule has 0 aliphatic carbocycles. The van der Waals surface area contributed by atoms with Crippen LogP contribution in [-0.2, 0) is 14.8 Å². The summed E-state index contributed by atoms with van der Waals surface area (Å²) < 4.78 is 26.5. The summed E-state index contributed by atoms with van der Waals surface area (Å²) in [4.78, 5) is 10.7. The van der Waals surface area contributed by atoms with E-state index in [1.165, 1.54) is 12.1 Å². The Labute approximate surface area is 122 Å². The molecular formula is C12H13ClN2O4S. The van der Waals surface area contributed by atoms with E-state index in [-0.39, 0.29) is 15.5 Å². The van der Waals surface area contributed by atoms with Crippen molar-refractivity contribution in [2.24, 2.45) is 5.92 Å². The zero-order chi connectivity index (χ0) is 15.5. The molecule has 1 rings (SSSR count). The van der Waals surface area contributed by atoms with Crippen LogP contribution in [0.4, 0.5) is 0 Å². The monoisotopic (exact) mass is 316 g/mol. The highest BCUT2D eigenvalue weighted by Gasteiger charge is 2.29. The van der Waals surface area contributed by atoms with Gasteiger partial charge in [-0.15, -0.1) is 0 Å². The molecule has 0 aliphatic heterocycles. The quantitative estimate of drug-likeness (QED) is 0.858. The number of nitrogens with zero attached hydrogens (tertiary/aromatic N) is 1. The average molecular weight is 317 g/mol. The highest BCUT2D eigenvalue weighted by Crippen LogP contribution is 2.21. The number of sulfonamides is 1. The second kappa shape index (κ2) is 6.22. The summed E-state index contributed by atoms with van der Waals surface area (Å²) in [5, 5.41) is 18.1. The number of nitrogens with one attached hydrogen (secondary N) is 1. The van der Waals surface area contributed by atoms with Gasteiger partial charge in [-0.2, -0.15) is 9.98 Å². The first-order valence-electron chi connectivity index (χ1n) is 5.64. The number of hydrogen-bond donors (Lipinski definition) is 2. The third-order valence-corrected chi connectivity index (χ3v) is 4.28. The van der Waals surface area contributed by atoms with Crippen molar-refractivity contribution in [2.75, 3.05) is 0 Å². The van der Waals surface area contributed by atoms with E-state index in [0.29, 0.717) is 0 Å². The Morgan fingerprint density at radius 1 is 1.45 bits per heavy atom. The molecule has 108 valence electrons. The Kier molecular flexibility index (Phi) is 5.11. The zero-order valence-corrected chi connectivity index (χ0v) is 12.4. The maximum atomic E-state index is 12.2. The summed E-state index contributed by atoms with van der Waals surface area (Å²) in [5.41, 5.74) is -0.102. The number of carboxylic acid groups (broad SMARTS) is 1. The molecule has 0 unspecified atom stereocenters. The minimum Gasteiger partial charge on any atom is -0.480 e. The van der Waals surface area contributed by atoms with E-state index >= 15 is 0 Å². The third kappa shape index (κ3) is 3.70. The van der Waals surface area contributed by atoms with Gasteiger partial charge in [0.25, 0.3) is 0 Å². The van der Waals surface area contributed by atoms with E-state index in [4.69, 9.17) is 22.0 Å². The van der Waals surface area contributed by atoms with E-state index in [1.807, 2.05) is 0 Å². The van der Waals surface area contributed by atoms with Gasteiger partial charge in [0.2, 0.25) is 10.0 Å². The minimum absolute atomic E-state index is 0.102. The summed E-state index contributed by atoms with van der Waals surface area (Å²) >= 11 is 5.72. The molecule has 0 spiro atoms. The molecule has 0 bridgehead atoms. The minimum atomic E-state index is -4.15. The van der Waals surface area contributed by atoms with E-state index in [0.717, 1.165) is 6.07 Å². The van der Waals surface area contributed by atoms with Crippen LogP contribution in [0.15, 0.2) is 23.1 Å². The fourth-order valence-corrected chi connectivity index (χ4v) is 3.27. The molecule has 0 saturated heterocycles. The number of nitriles is 1. The maximum Gasteiger partial charge on any atom is 0.322 e. The number of halogens is 1. The van der Waals surface area contributed by atoms with Crippen LogP contribution in [0.5, 0.6) is 0 Å². The second-order valence-electron chi connectivity index (χ2n) is 4.43. The first-order chi connectivity index (χ1) is 9.19. The van der Waals surface area contributed by atoms with Crippen LogP contribution in [0.2, 0.25) is 5.02 Å². The van der Waals surface area contributed by atoms with Crippen molar-refractivity contribution in [3.63, 3.8) is 0 Å². The van der Waals surface area contributed by atoms with Crippen molar-refractivity contribution >= 4 is 27.6 Å². The number of rotatable bonds is 5. The number of benzene rings is 1. The van der Waals surface area contributed by atoms with Crippen LogP contribution in [0.25, 0.3) is 0 Å². The average Bonchev–Trinajstić information content (AvgIpc) is 2.35. The van der Waals surface area contributed by atoms with Gasteiger partial charge in [-0.25, -0.2) is 8.42 Å². The van der Waals surface area contributed by atoms with E-state index < -0.39 is 28.0 Å². The van der Waals surface area contributed by atoms with Crippen LogP contribution < -0.4 is 4.72 Å². The first kappa shape index (κ1) is 16.4. The van der Waals surface area contributed by atoms with Crippen molar-refractivity contribution in [2.45, 2.75) is 24.8 Å². The van der Waals surface area contributed by atoms with E-state index in [2.05, 4.69) is 4.72 Å². The lowest BCUT2D eigenvalue weighted by Gasteiger charge is -2.18. The van der Waals surface area contributed by atoms with Crippen LogP contribution in [0.1, 0.15) is 19.4 Å². The van der Waals surface area contributed by atoms with Crippen molar-refractivity contribution < 1.29 is 18.3 Å². The summed E-state index contributed by atoms with van der Waals surface area (Å²) in [6.07, 6.45) is 0. The molecule has 1 atom stereocenters. The largest absolute Gasteiger partial charge is 0.480 e. The van der Waals surface area contributed by atoms with Crippen molar-refractivity contribution in [3.8, 4) is 6.07 Å². The fourth-order valence-electron chi connectivity index (χ4n) is 1.51. The van der Waals surface area contributed by atoms with Gasteiger partial charge in [-0.1, -0.05) is 25.4 Å². The van der Waals surface area contributed by atoms with E-state index in [9.17, 15) is 13.2 Å². The molecule has 0 amide bonds. The first-order valence-corrected chi connectivity index (χ1v) is 7.50. The molecule has 0 saturated carbocycles. The lowest BCUT2D eigenvalue weighted by molar-refractivity contribution is -0.140. The van der Waals surface area contributed by atoms with Crippen LogP contribution >= 0.6 is 11.6 Å². The summed E-state index contributed by atoms with van der Waals surface area (Å²) in [5.74, 6) is -1.74. The molecule has 0 fully saturated rings. The highest BCUT2D eigenvalue weighted by molar-refractivity contribution is 7.89. The predicted octanol–water partition coefficient (Wildman–Crippen LogP) is 1.60. The molecular weight excluding hydrogens is 304 g/mol. The van der Waals surface area contributed by atoms with Gasteiger partial charge in [-0.05, 0) is 24.1 Å². The van der Waals surface area contributed by atoms with Gasteiger partial charge in [-0.3, -0.25) is 4.79 Å². The Bertz CT molecular complexity index is 665. The summed E-state index contributed by atoms with van der Waals surface area (Å²) in [6, 6.07) is 4.21. The van der Waals surface area contributed by atoms with Gasteiger partial charge in [0, 0.05) is 5.02 Å². The molecule has 1 aromatic carbocycles. The number of carbonyl (C=O) groups is 1. The van der Waals surface area contributed by atoms with Gasteiger partial charge in [0.05, 0.1) is 5.56 Å². The Balaban J connectivity index is 3.28. The number of aliphatic carboxylic acids is 1. The van der Waals surface area contributed by atoms with Crippen LogP contribution in [0, 0.1) is 17.2 Å². The SMILES string of the molecule is CC(C)[C@H](NS(=O)(=O)c1cc(Cl)ccc1C#N)C(=O)O. The smallest absolute Gasteiger partial charge is 0.322 e. The molecule has 0 heterocycles. The summed E-state index contributed by atoms with van der Waals surface area (Å²) in [6.45, 7) is 3.15. The zero-order valence-electron chi connectivity index (χ0n) is 10.8. The Hall–Kier alpha value is -1.62. The standard InChI is InChI=1S/C12H13ClN2O4S/c1-7(2)11(12(16)17)15-20(18,19)10-5-9(13)4-3-8(10)6-14/h3-5,7,11,15H,1-2H3,(H,16,17)/t11-/m0/s1. The molecule has 6 nitrogen and oxygen atoms in total. The van der Waals surface area contributed by atoms with E-state index in [1.54, 1.807) is 19.9 Å². The molecule has 1 aromatic rings. The van der Waals surface area contributed by atoms with Gasteiger partial charge in [0.15, 0.2) is 0 Å². The molecule has 8 heteroatoms. The fraction of sp³-hybridized carbons (Fsp3) is 0.333. The molecule has 0 aromatic heterocycles. The van der Waals surface area contributed by atoms with Crippen LogP contribution in [0.3, 0.4) is 0 Å². The molecule has 20 heavy (non-hydrogen) atoms. The summed E-state index contributed by atoms with van der Waals surface area (Å²) in [7, 11) is -4.15. The van der Waals surface area contributed by atoms with Gasteiger partial charge in [0.1, 0.15) is 17.0 Å². The topological polar surface area (TPSA) is 107 Å².